The Morgan fingerprint density at radius 3 is 2.95 bits per heavy atom. The lowest BCUT2D eigenvalue weighted by Gasteiger charge is -2.33. The van der Waals surface area contributed by atoms with E-state index in [1.165, 1.54) is 0 Å². The Balaban J connectivity index is 2.37. The molecule has 0 aromatic carbocycles. The van der Waals surface area contributed by atoms with Gasteiger partial charge in [0.1, 0.15) is 0 Å². The molecule has 1 aliphatic rings. The van der Waals surface area contributed by atoms with Crippen molar-refractivity contribution in [1.82, 2.24) is 14.7 Å². The van der Waals surface area contributed by atoms with Crippen LogP contribution in [0, 0.1) is 0 Å². The van der Waals surface area contributed by atoms with E-state index < -0.39 is 0 Å². The van der Waals surface area contributed by atoms with Gasteiger partial charge in [-0.1, -0.05) is 6.92 Å². The third-order valence-corrected chi connectivity index (χ3v) is 3.81. The van der Waals surface area contributed by atoms with Crippen molar-refractivity contribution in [3.05, 3.63) is 18.0 Å². The maximum atomic E-state index is 12.3. The predicted octanol–water partition coefficient (Wildman–Crippen LogP) is 1.69. The number of likely N-dealkylation sites (tertiary alicyclic amines) is 1. The molecule has 1 saturated heterocycles. The Morgan fingerprint density at radius 1 is 1.47 bits per heavy atom. The summed E-state index contributed by atoms with van der Waals surface area (Å²) in [5.41, 5.74) is 7.41. The second-order valence-corrected chi connectivity index (χ2v) is 5.16. The van der Waals surface area contributed by atoms with Crippen molar-refractivity contribution in [3.63, 3.8) is 0 Å². The zero-order chi connectivity index (χ0) is 13.8. The summed E-state index contributed by atoms with van der Waals surface area (Å²) in [6.45, 7) is 5.73. The Morgan fingerprint density at radius 2 is 2.26 bits per heavy atom. The van der Waals surface area contributed by atoms with Crippen LogP contribution in [-0.4, -0.2) is 33.2 Å². The number of carbonyl (C=O) groups excluding carboxylic acids is 1. The normalized spacial score (nSPS) is 24.6. The Hall–Kier alpha value is -1.36. The second kappa shape index (κ2) is 6.19. The molecule has 2 unspecified atom stereocenters. The summed E-state index contributed by atoms with van der Waals surface area (Å²) in [4.78, 5) is 14.3. The van der Waals surface area contributed by atoms with E-state index in [0.29, 0.717) is 6.42 Å². The van der Waals surface area contributed by atoms with Crippen LogP contribution in [0.1, 0.15) is 51.3 Å². The van der Waals surface area contributed by atoms with Crippen molar-refractivity contribution in [2.75, 3.05) is 6.54 Å². The average Bonchev–Trinajstić information content (AvgIpc) is 2.81. The number of rotatable bonds is 4. The van der Waals surface area contributed by atoms with Gasteiger partial charge in [0.25, 0.3) is 0 Å². The maximum Gasteiger partial charge on any atom is 0.223 e. The monoisotopic (exact) mass is 264 g/mol. The molecule has 1 aromatic heterocycles. The summed E-state index contributed by atoms with van der Waals surface area (Å²) >= 11 is 0. The number of nitrogens with two attached hydrogens (primary N) is 1. The van der Waals surface area contributed by atoms with E-state index in [4.69, 9.17) is 5.73 Å². The molecule has 2 atom stereocenters. The number of hydrogen-bond acceptors (Lipinski definition) is 3. The SMILES string of the molecule is CCCN1C(=O)CCCC(N)C1c1ccnn1CC. The van der Waals surface area contributed by atoms with Crippen LogP contribution in [0.2, 0.25) is 0 Å². The topological polar surface area (TPSA) is 64.2 Å². The molecule has 5 heteroatoms. The number of amides is 1. The highest BCUT2D eigenvalue weighted by Crippen LogP contribution is 2.30. The molecule has 106 valence electrons. The first-order valence-electron chi connectivity index (χ1n) is 7.25. The van der Waals surface area contributed by atoms with Crippen LogP contribution in [0.15, 0.2) is 12.3 Å². The highest BCUT2D eigenvalue weighted by Gasteiger charge is 2.34. The van der Waals surface area contributed by atoms with Gasteiger partial charge >= 0.3 is 0 Å². The summed E-state index contributed by atoms with van der Waals surface area (Å²) in [5.74, 6) is 0.226. The smallest absolute Gasteiger partial charge is 0.223 e. The third kappa shape index (κ3) is 2.81. The molecule has 1 aromatic rings. The molecule has 1 amide bonds. The van der Waals surface area contributed by atoms with Crippen LogP contribution in [0.5, 0.6) is 0 Å². The van der Waals surface area contributed by atoms with E-state index in [1.54, 1.807) is 6.20 Å². The lowest BCUT2D eigenvalue weighted by atomic mass is 10.0. The molecule has 0 aliphatic carbocycles. The number of hydrogen-bond donors (Lipinski definition) is 1. The van der Waals surface area contributed by atoms with Crippen molar-refractivity contribution < 1.29 is 4.79 Å². The van der Waals surface area contributed by atoms with Gasteiger partial charge in [-0.05, 0) is 32.3 Å². The van der Waals surface area contributed by atoms with E-state index in [-0.39, 0.29) is 18.0 Å². The van der Waals surface area contributed by atoms with Gasteiger partial charge in [0.15, 0.2) is 0 Å². The van der Waals surface area contributed by atoms with Gasteiger partial charge in [0, 0.05) is 31.7 Å². The Bertz CT molecular complexity index is 429. The lowest BCUT2D eigenvalue weighted by Crippen LogP contribution is -2.43. The van der Waals surface area contributed by atoms with Gasteiger partial charge in [-0.15, -0.1) is 0 Å². The molecule has 0 bridgehead atoms. The molecule has 0 saturated carbocycles. The summed E-state index contributed by atoms with van der Waals surface area (Å²) < 4.78 is 1.95. The minimum absolute atomic E-state index is 0.000000000000000222. The lowest BCUT2D eigenvalue weighted by molar-refractivity contribution is -0.133. The third-order valence-electron chi connectivity index (χ3n) is 3.81. The molecular formula is C14H24N4O. The van der Waals surface area contributed by atoms with Gasteiger partial charge in [-0.2, -0.15) is 5.10 Å². The zero-order valence-electron chi connectivity index (χ0n) is 11.9. The molecule has 1 aliphatic heterocycles. The molecule has 1 fully saturated rings. The van der Waals surface area contributed by atoms with E-state index >= 15 is 0 Å². The molecule has 2 rings (SSSR count). The van der Waals surface area contributed by atoms with Crippen LogP contribution in [-0.2, 0) is 11.3 Å². The van der Waals surface area contributed by atoms with Crippen molar-refractivity contribution in [1.29, 1.82) is 0 Å². The Labute approximate surface area is 114 Å². The van der Waals surface area contributed by atoms with Gasteiger partial charge in [-0.25, -0.2) is 0 Å². The first-order chi connectivity index (χ1) is 9.19. The first kappa shape index (κ1) is 14.1. The van der Waals surface area contributed by atoms with Crippen molar-refractivity contribution in [2.24, 2.45) is 5.73 Å². The van der Waals surface area contributed by atoms with Crippen LogP contribution in [0.3, 0.4) is 0 Å². The highest BCUT2D eigenvalue weighted by atomic mass is 16.2. The molecule has 2 N–H and O–H groups in total. The summed E-state index contributed by atoms with van der Waals surface area (Å²) in [7, 11) is 0. The number of aromatic nitrogens is 2. The number of carbonyl (C=O) groups is 1. The van der Waals surface area contributed by atoms with Gasteiger partial charge in [0.05, 0.1) is 11.7 Å². The fourth-order valence-electron chi connectivity index (χ4n) is 2.92. The fourth-order valence-corrected chi connectivity index (χ4v) is 2.92. The van der Waals surface area contributed by atoms with Crippen molar-refractivity contribution in [2.45, 2.75) is 58.2 Å². The van der Waals surface area contributed by atoms with E-state index in [2.05, 4.69) is 18.9 Å². The molecular weight excluding hydrogens is 240 g/mol. The zero-order valence-corrected chi connectivity index (χ0v) is 11.9. The van der Waals surface area contributed by atoms with E-state index in [9.17, 15) is 4.79 Å². The summed E-state index contributed by atoms with van der Waals surface area (Å²) in [6, 6.07) is 1.97. The molecule has 19 heavy (non-hydrogen) atoms. The second-order valence-electron chi connectivity index (χ2n) is 5.16. The van der Waals surface area contributed by atoms with Crippen molar-refractivity contribution in [3.8, 4) is 0 Å². The van der Waals surface area contributed by atoms with Gasteiger partial charge < -0.3 is 10.6 Å². The van der Waals surface area contributed by atoms with Gasteiger partial charge in [0.2, 0.25) is 5.91 Å². The van der Waals surface area contributed by atoms with Crippen LogP contribution < -0.4 is 5.73 Å². The molecule has 0 spiro atoms. The fraction of sp³-hybridized carbons (Fsp3) is 0.714. The first-order valence-corrected chi connectivity index (χ1v) is 7.25. The number of nitrogens with zero attached hydrogens (tertiary/aromatic N) is 3. The van der Waals surface area contributed by atoms with Crippen LogP contribution in [0.4, 0.5) is 0 Å². The standard InChI is InChI=1S/C14H24N4O/c1-3-10-17-13(19)7-5-6-11(15)14(17)12-8-9-16-18(12)4-2/h8-9,11,14H,3-7,10,15H2,1-2H3. The average molecular weight is 264 g/mol. The molecule has 5 nitrogen and oxygen atoms in total. The number of aryl methyl sites for hydroxylation is 1. The van der Waals surface area contributed by atoms with Crippen molar-refractivity contribution >= 4 is 5.91 Å². The molecule has 2 heterocycles. The van der Waals surface area contributed by atoms with Crippen LogP contribution >= 0.6 is 0 Å². The Kier molecular flexibility index (Phi) is 4.58. The van der Waals surface area contributed by atoms with E-state index in [0.717, 1.165) is 38.0 Å². The summed E-state index contributed by atoms with van der Waals surface area (Å²) in [5, 5.41) is 4.32. The summed E-state index contributed by atoms with van der Waals surface area (Å²) in [6.07, 6.45) is 5.15. The highest BCUT2D eigenvalue weighted by molar-refractivity contribution is 5.77. The quantitative estimate of drug-likeness (QED) is 0.900. The largest absolute Gasteiger partial charge is 0.333 e. The minimum Gasteiger partial charge on any atom is -0.333 e. The van der Waals surface area contributed by atoms with Gasteiger partial charge in [-0.3, -0.25) is 9.48 Å². The molecule has 0 radical (unpaired) electrons. The van der Waals surface area contributed by atoms with Crippen LogP contribution in [0.25, 0.3) is 0 Å². The predicted molar refractivity (Wildman–Crippen MR) is 74.5 cm³/mol. The minimum atomic E-state index is -0.0302. The maximum absolute atomic E-state index is 12.3. The van der Waals surface area contributed by atoms with E-state index in [1.807, 2.05) is 15.6 Å².